The second-order valence-electron chi connectivity index (χ2n) is 6.05. The van der Waals surface area contributed by atoms with Crippen molar-refractivity contribution < 1.29 is 4.74 Å². The van der Waals surface area contributed by atoms with E-state index >= 15 is 0 Å². The molecule has 0 radical (unpaired) electrons. The number of rotatable bonds is 0. The predicted molar refractivity (Wildman–Crippen MR) is 58.3 cm³/mol. The normalized spacial score (nSPS) is 39.9. The molecule has 0 aliphatic carbocycles. The second kappa shape index (κ2) is 3.49. The molecule has 14 heavy (non-hydrogen) atoms. The zero-order valence-corrected chi connectivity index (χ0v) is 9.92. The number of ether oxygens (including phenoxy) is 1. The summed E-state index contributed by atoms with van der Waals surface area (Å²) in [6.45, 7) is 12.5. The van der Waals surface area contributed by atoms with Gasteiger partial charge in [-0.2, -0.15) is 0 Å². The van der Waals surface area contributed by atoms with E-state index in [1.165, 1.54) is 13.0 Å². The first-order valence-corrected chi connectivity index (χ1v) is 5.83. The largest absolute Gasteiger partial charge is 0.376 e. The minimum absolute atomic E-state index is 0.309. The van der Waals surface area contributed by atoms with E-state index in [1.807, 2.05) is 0 Å². The van der Waals surface area contributed by atoms with Crippen molar-refractivity contribution >= 4 is 0 Å². The molecule has 0 bridgehead atoms. The topological polar surface area (TPSA) is 12.5 Å². The number of hydrogen-bond donors (Lipinski definition) is 0. The van der Waals surface area contributed by atoms with Crippen molar-refractivity contribution in [1.82, 2.24) is 4.90 Å². The van der Waals surface area contributed by atoms with E-state index in [9.17, 15) is 0 Å². The third-order valence-electron chi connectivity index (χ3n) is 3.63. The molecule has 3 atom stereocenters. The Balaban J connectivity index is 1.99. The molecule has 0 amide bonds. The molecule has 0 aromatic heterocycles. The number of nitrogens with zero attached hydrogens (tertiary/aromatic N) is 1. The molecule has 2 nitrogen and oxygen atoms in total. The molecule has 2 rings (SSSR count). The first-order chi connectivity index (χ1) is 6.47. The summed E-state index contributed by atoms with van der Waals surface area (Å²) in [4.78, 5) is 2.57. The van der Waals surface area contributed by atoms with E-state index in [-0.39, 0.29) is 0 Å². The van der Waals surface area contributed by atoms with Gasteiger partial charge in [-0.1, -0.05) is 6.92 Å². The highest BCUT2D eigenvalue weighted by Crippen LogP contribution is 2.34. The maximum absolute atomic E-state index is 5.90. The molecule has 2 aliphatic rings. The van der Waals surface area contributed by atoms with E-state index in [1.54, 1.807) is 0 Å². The van der Waals surface area contributed by atoms with Gasteiger partial charge >= 0.3 is 0 Å². The monoisotopic (exact) mass is 197 g/mol. The van der Waals surface area contributed by atoms with Crippen LogP contribution in [-0.2, 0) is 4.74 Å². The minimum Gasteiger partial charge on any atom is -0.376 e. The molecule has 2 heterocycles. The van der Waals surface area contributed by atoms with Crippen molar-refractivity contribution in [2.24, 2.45) is 11.8 Å². The smallest absolute Gasteiger partial charge is 0.0742 e. The third-order valence-corrected chi connectivity index (χ3v) is 3.63. The zero-order valence-electron chi connectivity index (χ0n) is 9.92. The van der Waals surface area contributed by atoms with Crippen LogP contribution in [-0.4, -0.2) is 36.2 Å². The van der Waals surface area contributed by atoms with E-state index < -0.39 is 0 Å². The van der Waals surface area contributed by atoms with Crippen LogP contribution in [0.3, 0.4) is 0 Å². The highest BCUT2D eigenvalue weighted by Gasteiger charge is 2.40. The Labute approximate surface area is 87.6 Å². The van der Waals surface area contributed by atoms with Gasteiger partial charge in [0.25, 0.3) is 0 Å². The van der Waals surface area contributed by atoms with Gasteiger partial charge in [-0.05, 0) is 39.0 Å². The van der Waals surface area contributed by atoms with Crippen LogP contribution >= 0.6 is 0 Å². The first kappa shape index (κ1) is 10.4. The van der Waals surface area contributed by atoms with Crippen molar-refractivity contribution in [3.05, 3.63) is 0 Å². The standard InChI is InChI=1S/C12H23NO/c1-9-5-10-6-13(12(2,3)4)7-11(10)14-8-9/h9-11H,5-8H2,1-4H3. The van der Waals surface area contributed by atoms with Crippen molar-refractivity contribution in [2.75, 3.05) is 19.7 Å². The van der Waals surface area contributed by atoms with Crippen LogP contribution < -0.4 is 0 Å². The molecule has 82 valence electrons. The molecule has 0 aromatic carbocycles. The molecule has 2 heteroatoms. The molecular formula is C12H23NO. The SMILES string of the molecule is CC1COC2CN(C(C)(C)C)CC2C1. The van der Waals surface area contributed by atoms with Crippen LogP contribution in [0.1, 0.15) is 34.1 Å². The molecule has 2 fully saturated rings. The first-order valence-electron chi connectivity index (χ1n) is 5.83. The van der Waals surface area contributed by atoms with Gasteiger partial charge < -0.3 is 4.74 Å². The summed E-state index contributed by atoms with van der Waals surface area (Å²) < 4.78 is 5.90. The van der Waals surface area contributed by atoms with Crippen LogP contribution in [0.4, 0.5) is 0 Å². The molecule has 0 aromatic rings. The van der Waals surface area contributed by atoms with E-state index in [0.717, 1.165) is 25.0 Å². The summed E-state index contributed by atoms with van der Waals surface area (Å²) in [5.74, 6) is 1.55. The van der Waals surface area contributed by atoms with Crippen LogP contribution in [0.25, 0.3) is 0 Å². The fourth-order valence-electron chi connectivity index (χ4n) is 2.68. The van der Waals surface area contributed by atoms with Gasteiger partial charge in [0.1, 0.15) is 0 Å². The maximum Gasteiger partial charge on any atom is 0.0742 e. The van der Waals surface area contributed by atoms with E-state index in [4.69, 9.17) is 4.74 Å². The Morgan fingerprint density at radius 3 is 2.57 bits per heavy atom. The molecule has 2 saturated heterocycles. The summed E-state index contributed by atoms with van der Waals surface area (Å²) in [6.07, 6.45) is 1.88. The number of fused-ring (bicyclic) bond motifs is 1. The number of hydrogen-bond acceptors (Lipinski definition) is 2. The lowest BCUT2D eigenvalue weighted by molar-refractivity contribution is -0.0293. The number of likely N-dealkylation sites (tertiary alicyclic amines) is 1. The summed E-state index contributed by atoms with van der Waals surface area (Å²) in [7, 11) is 0. The van der Waals surface area contributed by atoms with Crippen LogP contribution in [0.2, 0.25) is 0 Å². The summed E-state index contributed by atoms with van der Waals surface area (Å²) in [5, 5.41) is 0. The Morgan fingerprint density at radius 2 is 1.93 bits per heavy atom. The van der Waals surface area contributed by atoms with Crippen LogP contribution in [0.15, 0.2) is 0 Å². The average molecular weight is 197 g/mol. The lowest BCUT2D eigenvalue weighted by Crippen LogP contribution is -2.40. The van der Waals surface area contributed by atoms with Gasteiger partial charge in [-0.3, -0.25) is 4.90 Å². The minimum atomic E-state index is 0.309. The van der Waals surface area contributed by atoms with Crippen molar-refractivity contribution in [3.8, 4) is 0 Å². The second-order valence-corrected chi connectivity index (χ2v) is 6.05. The Hall–Kier alpha value is -0.0800. The quantitative estimate of drug-likeness (QED) is 0.590. The molecule has 0 spiro atoms. The van der Waals surface area contributed by atoms with Crippen LogP contribution in [0, 0.1) is 11.8 Å². The van der Waals surface area contributed by atoms with Crippen molar-refractivity contribution in [2.45, 2.75) is 45.8 Å². The lowest BCUT2D eigenvalue weighted by atomic mass is 9.91. The summed E-state index contributed by atoms with van der Waals surface area (Å²) in [6, 6.07) is 0. The van der Waals surface area contributed by atoms with E-state index in [2.05, 4.69) is 32.6 Å². The van der Waals surface area contributed by atoms with Crippen molar-refractivity contribution in [1.29, 1.82) is 0 Å². The molecule has 0 N–H and O–H groups in total. The van der Waals surface area contributed by atoms with E-state index in [0.29, 0.717) is 11.6 Å². The van der Waals surface area contributed by atoms with Gasteiger partial charge in [0, 0.05) is 25.2 Å². The molecule has 2 aliphatic heterocycles. The maximum atomic E-state index is 5.90. The van der Waals surface area contributed by atoms with Gasteiger partial charge in [0.2, 0.25) is 0 Å². The Morgan fingerprint density at radius 1 is 1.21 bits per heavy atom. The summed E-state index contributed by atoms with van der Waals surface area (Å²) in [5.41, 5.74) is 0.309. The third kappa shape index (κ3) is 1.96. The Bertz CT molecular complexity index is 209. The van der Waals surface area contributed by atoms with Gasteiger partial charge in [0.05, 0.1) is 6.10 Å². The van der Waals surface area contributed by atoms with Crippen molar-refractivity contribution in [3.63, 3.8) is 0 Å². The van der Waals surface area contributed by atoms with Crippen LogP contribution in [0.5, 0.6) is 0 Å². The van der Waals surface area contributed by atoms with Gasteiger partial charge in [-0.25, -0.2) is 0 Å². The molecule has 0 saturated carbocycles. The van der Waals surface area contributed by atoms with Gasteiger partial charge in [-0.15, -0.1) is 0 Å². The average Bonchev–Trinajstić information content (AvgIpc) is 2.45. The molecule has 3 unspecified atom stereocenters. The summed E-state index contributed by atoms with van der Waals surface area (Å²) >= 11 is 0. The fourth-order valence-corrected chi connectivity index (χ4v) is 2.68. The highest BCUT2D eigenvalue weighted by molar-refractivity contribution is 4.93. The fraction of sp³-hybridized carbons (Fsp3) is 1.00. The predicted octanol–water partition coefficient (Wildman–Crippen LogP) is 2.14. The Kier molecular flexibility index (Phi) is 2.61. The highest BCUT2D eigenvalue weighted by atomic mass is 16.5. The lowest BCUT2D eigenvalue weighted by Gasteiger charge is -2.31. The van der Waals surface area contributed by atoms with Gasteiger partial charge in [0.15, 0.2) is 0 Å². The molecular weight excluding hydrogens is 174 g/mol. The zero-order chi connectivity index (χ0) is 10.3.